The number of anilines is 1. The van der Waals surface area contributed by atoms with E-state index < -0.39 is 0 Å². The molecule has 0 bridgehead atoms. The molecule has 0 atom stereocenters. The number of hydrogen-bond acceptors (Lipinski definition) is 2. The van der Waals surface area contributed by atoms with E-state index in [1.165, 1.54) is 30.5 Å². The number of hydrogen-bond donors (Lipinski definition) is 1. The van der Waals surface area contributed by atoms with Gasteiger partial charge in [-0.3, -0.25) is 0 Å². The van der Waals surface area contributed by atoms with Gasteiger partial charge in [-0.25, -0.2) is 0 Å². The minimum absolute atomic E-state index is 0.729. The highest BCUT2D eigenvalue weighted by molar-refractivity contribution is 6.31. The fraction of sp³-hybridized carbons (Fsp3) is 0.625. The molecule has 1 saturated carbocycles. The smallest absolute Gasteiger partial charge is 0.0471 e. The summed E-state index contributed by atoms with van der Waals surface area (Å²) >= 11 is 6.37. The molecule has 0 amide bonds. The van der Waals surface area contributed by atoms with Gasteiger partial charge in [-0.2, -0.15) is 0 Å². The molecule has 2 rings (SSSR count). The van der Waals surface area contributed by atoms with E-state index in [4.69, 9.17) is 11.6 Å². The molecule has 0 unspecified atom stereocenters. The highest BCUT2D eigenvalue weighted by Gasteiger charge is 2.30. The summed E-state index contributed by atoms with van der Waals surface area (Å²) in [4.78, 5) is 2.57. The van der Waals surface area contributed by atoms with Gasteiger partial charge in [0.15, 0.2) is 0 Å². The second-order valence-electron chi connectivity index (χ2n) is 5.87. The van der Waals surface area contributed by atoms with E-state index in [2.05, 4.69) is 36.2 Å². The summed E-state index contributed by atoms with van der Waals surface area (Å²) in [7, 11) is 1.97. The maximum atomic E-state index is 6.37. The highest BCUT2D eigenvalue weighted by atomic mass is 35.5. The SMILES string of the molecule is CNCc1c(Cl)cccc1N(CCC(C)C)C1CC1. The summed E-state index contributed by atoms with van der Waals surface area (Å²) in [5.74, 6) is 0.744. The number of nitrogens with one attached hydrogen (secondary N) is 1. The molecule has 1 aliphatic carbocycles. The number of halogens is 1. The maximum absolute atomic E-state index is 6.37. The first-order valence-corrected chi connectivity index (χ1v) is 7.70. The van der Waals surface area contributed by atoms with Crippen LogP contribution in [0.5, 0.6) is 0 Å². The van der Waals surface area contributed by atoms with Crippen LogP contribution in [-0.4, -0.2) is 19.6 Å². The van der Waals surface area contributed by atoms with Gasteiger partial charge in [0.05, 0.1) is 0 Å². The van der Waals surface area contributed by atoms with Gasteiger partial charge in [-0.15, -0.1) is 0 Å². The largest absolute Gasteiger partial charge is 0.368 e. The summed E-state index contributed by atoms with van der Waals surface area (Å²) in [5, 5.41) is 4.11. The number of nitrogens with zero attached hydrogens (tertiary/aromatic N) is 1. The molecule has 0 aliphatic heterocycles. The van der Waals surface area contributed by atoms with Crippen molar-refractivity contribution in [2.45, 2.75) is 45.7 Å². The monoisotopic (exact) mass is 280 g/mol. The van der Waals surface area contributed by atoms with E-state index in [-0.39, 0.29) is 0 Å². The second-order valence-corrected chi connectivity index (χ2v) is 6.28. The van der Waals surface area contributed by atoms with E-state index in [0.717, 1.165) is 30.1 Å². The quantitative estimate of drug-likeness (QED) is 0.810. The van der Waals surface area contributed by atoms with E-state index in [9.17, 15) is 0 Å². The van der Waals surface area contributed by atoms with E-state index >= 15 is 0 Å². The van der Waals surface area contributed by atoms with E-state index in [1.807, 2.05) is 13.1 Å². The molecule has 3 heteroatoms. The van der Waals surface area contributed by atoms with Crippen molar-refractivity contribution >= 4 is 17.3 Å². The lowest BCUT2D eigenvalue weighted by atomic mass is 10.1. The van der Waals surface area contributed by atoms with Crippen LogP contribution < -0.4 is 10.2 Å². The van der Waals surface area contributed by atoms with Gasteiger partial charge in [0.1, 0.15) is 0 Å². The first-order valence-electron chi connectivity index (χ1n) is 7.32. The molecule has 0 saturated heterocycles. The van der Waals surface area contributed by atoms with Crippen LogP contribution in [-0.2, 0) is 6.54 Å². The molecule has 1 aromatic carbocycles. The van der Waals surface area contributed by atoms with Crippen LogP contribution in [0.15, 0.2) is 18.2 Å². The van der Waals surface area contributed by atoms with E-state index in [1.54, 1.807) is 0 Å². The lowest BCUT2D eigenvalue weighted by molar-refractivity contribution is 0.569. The van der Waals surface area contributed by atoms with Gasteiger partial charge in [0.25, 0.3) is 0 Å². The molecular formula is C16H25ClN2. The van der Waals surface area contributed by atoms with Gasteiger partial charge in [-0.1, -0.05) is 31.5 Å². The standard InChI is InChI=1S/C16H25ClN2/c1-12(2)9-10-19(13-7-8-13)16-6-4-5-15(17)14(16)11-18-3/h4-6,12-13,18H,7-11H2,1-3H3. The lowest BCUT2D eigenvalue weighted by Crippen LogP contribution is -2.29. The average molecular weight is 281 g/mol. The molecule has 2 nitrogen and oxygen atoms in total. The van der Waals surface area contributed by atoms with Crippen LogP contribution in [0.25, 0.3) is 0 Å². The van der Waals surface area contributed by atoms with Crippen LogP contribution in [0.4, 0.5) is 5.69 Å². The molecule has 1 fully saturated rings. The Hall–Kier alpha value is -0.730. The van der Waals surface area contributed by atoms with Gasteiger partial charge < -0.3 is 10.2 Å². The fourth-order valence-electron chi connectivity index (χ4n) is 2.45. The van der Waals surface area contributed by atoms with Crippen LogP contribution in [0.2, 0.25) is 5.02 Å². The fourth-order valence-corrected chi connectivity index (χ4v) is 2.69. The van der Waals surface area contributed by atoms with Gasteiger partial charge in [0.2, 0.25) is 0 Å². The Labute approximate surface area is 122 Å². The lowest BCUT2D eigenvalue weighted by Gasteiger charge is -2.28. The molecule has 0 aromatic heterocycles. The van der Waals surface area contributed by atoms with Crippen molar-refractivity contribution in [3.8, 4) is 0 Å². The highest BCUT2D eigenvalue weighted by Crippen LogP contribution is 2.36. The molecular weight excluding hydrogens is 256 g/mol. The van der Waals surface area contributed by atoms with Crippen LogP contribution >= 0.6 is 11.6 Å². The molecule has 1 aliphatic rings. The molecule has 0 spiro atoms. The van der Waals surface area contributed by atoms with Gasteiger partial charge in [0, 0.05) is 35.4 Å². The Balaban J connectivity index is 2.22. The van der Waals surface area contributed by atoms with Crippen LogP contribution in [0.3, 0.4) is 0 Å². The summed E-state index contributed by atoms with van der Waals surface area (Å²) in [5.41, 5.74) is 2.56. The van der Waals surface area contributed by atoms with Crippen LogP contribution in [0, 0.1) is 5.92 Å². The third-order valence-corrected chi connectivity index (χ3v) is 4.05. The summed E-state index contributed by atoms with van der Waals surface area (Å²) in [6.45, 7) is 6.55. The Bertz CT molecular complexity index is 413. The summed E-state index contributed by atoms with van der Waals surface area (Å²) in [6, 6.07) is 7.01. The Morgan fingerprint density at radius 2 is 2.11 bits per heavy atom. The molecule has 1 aromatic rings. The van der Waals surface area contributed by atoms with Gasteiger partial charge in [-0.05, 0) is 44.4 Å². The zero-order valence-corrected chi connectivity index (χ0v) is 13.0. The number of benzene rings is 1. The zero-order chi connectivity index (χ0) is 13.8. The van der Waals surface area contributed by atoms with Crippen molar-refractivity contribution in [3.63, 3.8) is 0 Å². The summed E-state index contributed by atoms with van der Waals surface area (Å²) in [6.07, 6.45) is 3.88. The minimum atomic E-state index is 0.729. The Morgan fingerprint density at radius 3 is 2.68 bits per heavy atom. The molecule has 0 radical (unpaired) electrons. The van der Waals surface area contributed by atoms with Crippen molar-refractivity contribution in [1.82, 2.24) is 5.32 Å². The normalized spacial score (nSPS) is 15.0. The molecule has 106 valence electrons. The van der Waals surface area contributed by atoms with Gasteiger partial charge >= 0.3 is 0 Å². The third kappa shape index (κ3) is 3.87. The van der Waals surface area contributed by atoms with Crippen molar-refractivity contribution < 1.29 is 0 Å². The average Bonchev–Trinajstić information content (AvgIpc) is 3.17. The predicted molar refractivity (Wildman–Crippen MR) is 84.0 cm³/mol. The molecule has 0 heterocycles. The first kappa shape index (κ1) is 14.7. The van der Waals surface area contributed by atoms with Crippen molar-refractivity contribution in [2.24, 2.45) is 5.92 Å². The Kier molecular flexibility index (Phi) is 5.12. The maximum Gasteiger partial charge on any atom is 0.0471 e. The van der Waals surface area contributed by atoms with E-state index in [0.29, 0.717) is 0 Å². The Morgan fingerprint density at radius 1 is 1.37 bits per heavy atom. The third-order valence-electron chi connectivity index (χ3n) is 3.69. The predicted octanol–water partition coefficient (Wildman–Crippen LogP) is 4.07. The van der Waals surface area contributed by atoms with Crippen molar-refractivity contribution in [1.29, 1.82) is 0 Å². The number of rotatable bonds is 7. The van der Waals surface area contributed by atoms with Crippen molar-refractivity contribution in [2.75, 3.05) is 18.5 Å². The summed E-state index contributed by atoms with van der Waals surface area (Å²) < 4.78 is 0. The minimum Gasteiger partial charge on any atom is -0.368 e. The van der Waals surface area contributed by atoms with Crippen LogP contribution in [0.1, 0.15) is 38.7 Å². The molecule has 1 N–H and O–H groups in total. The first-order chi connectivity index (χ1) is 9.13. The molecule has 19 heavy (non-hydrogen) atoms. The zero-order valence-electron chi connectivity index (χ0n) is 12.2. The topological polar surface area (TPSA) is 15.3 Å². The second kappa shape index (κ2) is 6.62. The van der Waals surface area contributed by atoms with Crippen molar-refractivity contribution in [3.05, 3.63) is 28.8 Å².